The normalized spacial score (nSPS) is 12.7. The smallest absolute Gasteiger partial charge is 0.306 e. The van der Waals surface area contributed by atoms with Gasteiger partial charge in [-0.3, -0.25) is 14.4 Å². The third kappa shape index (κ3) is 45.9. The van der Waals surface area contributed by atoms with Gasteiger partial charge < -0.3 is 14.2 Å². The predicted octanol–water partition coefficient (Wildman–Crippen LogP) is 16.3. The molecule has 0 aliphatic carbocycles. The average Bonchev–Trinajstić information content (AvgIpc) is 3.24. The summed E-state index contributed by atoms with van der Waals surface area (Å²) < 4.78 is 16.7. The third-order valence-corrected chi connectivity index (χ3v) is 10.5. The van der Waals surface area contributed by atoms with Gasteiger partial charge >= 0.3 is 17.9 Å². The average molecular weight is 837 g/mol. The van der Waals surface area contributed by atoms with Crippen molar-refractivity contribution in [2.75, 3.05) is 13.2 Å². The standard InChI is InChI=1S/C54H92O6/c1-4-7-10-13-16-19-22-25-26-27-30-32-35-38-41-44-47-53(56)59-50-51(60-54(57)48-45-42-39-36-33-29-24-21-18-15-12-9-6-3)49-58-52(55)46-43-40-37-34-31-28-23-20-17-14-11-8-5-2/h9,12,15,18,21,24,26-29,31,33,51H,4-8,10-11,13-14,16-17,19-20,22-23,25,30,32,34-50H2,1-3H3/b12-9-,18-15-,24-21-,27-26-,31-28-,33-29-. The van der Waals surface area contributed by atoms with Gasteiger partial charge in [-0.15, -0.1) is 0 Å². The molecule has 1 atom stereocenters. The summed E-state index contributed by atoms with van der Waals surface area (Å²) >= 11 is 0. The van der Waals surface area contributed by atoms with Gasteiger partial charge in [0.25, 0.3) is 0 Å². The van der Waals surface area contributed by atoms with Gasteiger partial charge in [0.1, 0.15) is 13.2 Å². The van der Waals surface area contributed by atoms with E-state index in [1.807, 2.05) is 36.5 Å². The molecular weight excluding hydrogens is 745 g/mol. The summed E-state index contributed by atoms with van der Waals surface area (Å²) in [7, 11) is 0. The summed E-state index contributed by atoms with van der Waals surface area (Å²) in [6.45, 7) is 6.43. The van der Waals surface area contributed by atoms with E-state index < -0.39 is 6.10 Å². The summed E-state index contributed by atoms with van der Waals surface area (Å²) in [5.74, 6) is -0.965. The van der Waals surface area contributed by atoms with Crippen LogP contribution in [0.2, 0.25) is 0 Å². The summed E-state index contributed by atoms with van der Waals surface area (Å²) in [6.07, 6.45) is 60.3. The van der Waals surface area contributed by atoms with E-state index in [9.17, 15) is 14.4 Å². The van der Waals surface area contributed by atoms with Crippen molar-refractivity contribution >= 4 is 17.9 Å². The monoisotopic (exact) mass is 837 g/mol. The summed E-state index contributed by atoms with van der Waals surface area (Å²) in [5.41, 5.74) is 0. The van der Waals surface area contributed by atoms with Crippen molar-refractivity contribution in [2.24, 2.45) is 0 Å². The lowest BCUT2D eigenvalue weighted by Gasteiger charge is -2.18. The van der Waals surface area contributed by atoms with Crippen LogP contribution in [0.25, 0.3) is 0 Å². The van der Waals surface area contributed by atoms with Crippen LogP contribution in [0, 0.1) is 0 Å². The Morgan fingerprint density at radius 2 is 0.667 bits per heavy atom. The van der Waals surface area contributed by atoms with Crippen LogP contribution < -0.4 is 0 Å². The molecule has 0 amide bonds. The summed E-state index contributed by atoms with van der Waals surface area (Å²) in [5, 5.41) is 0. The largest absolute Gasteiger partial charge is 0.462 e. The van der Waals surface area contributed by atoms with Gasteiger partial charge in [0.15, 0.2) is 6.10 Å². The number of hydrogen-bond donors (Lipinski definition) is 0. The van der Waals surface area contributed by atoms with Gasteiger partial charge in [-0.2, -0.15) is 0 Å². The van der Waals surface area contributed by atoms with E-state index in [4.69, 9.17) is 14.2 Å². The van der Waals surface area contributed by atoms with E-state index in [2.05, 4.69) is 57.2 Å². The van der Waals surface area contributed by atoms with Gasteiger partial charge in [-0.05, 0) is 89.9 Å². The van der Waals surface area contributed by atoms with Crippen LogP contribution in [0.1, 0.15) is 233 Å². The fourth-order valence-electron chi connectivity index (χ4n) is 6.73. The highest BCUT2D eigenvalue weighted by atomic mass is 16.6. The maximum absolute atomic E-state index is 12.7. The molecule has 0 aromatic carbocycles. The second-order valence-corrected chi connectivity index (χ2v) is 16.4. The molecule has 6 heteroatoms. The Morgan fingerprint density at radius 3 is 1.08 bits per heavy atom. The molecule has 0 spiro atoms. The van der Waals surface area contributed by atoms with E-state index in [0.29, 0.717) is 19.3 Å². The number of hydrogen-bond acceptors (Lipinski definition) is 6. The Hall–Kier alpha value is -3.15. The molecule has 0 aromatic rings. The zero-order chi connectivity index (χ0) is 43.7. The van der Waals surface area contributed by atoms with Crippen molar-refractivity contribution in [1.82, 2.24) is 0 Å². The van der Waals surface area contributed by atoms with Gasteiger partial charge in [0.05, 0.1) is 0 Å². The lowest BCUT2D eigenvalue weighted by atomic mass is 10.1. The number of carbonyl (C=O) groups is 3. The van der Waals surface area contributed by atoms with E-state index in [1.165, 1.54) is 103 Å². The number of ether oxygens (including phenoxy) is 3. The van der Waals surface area contributed by atoms with E-state index in [-0.39, 0.29) is 37.5 Å². The fourth-order valence-corrected chi connectivity index (χ4v) is 6.73. The first-order valence-electron chi connectivity index (χ1n) is 25.0. The fraction of sp³-hybridized carbons (Fsp3) is 0.722. The first-order valence-corrected chi connectivity index (χ1v) is 25.0. The molecule has 0 saturated heterocycles. The van der Waals surface area contributed by atoms with Gasteiger partial charge in [-0.1, -0.05) is 196 Å². The molecule has 0 bridgehead atoms. The zero-order valence-corrected chi connectivity index (χ0v) is 39.2. The van der Waals surface area contributed by atoms with Crippen molar-refractivity contribution in [2.45, 2.75) is 239 Å². The minimum atomic E-state index is -0.803. The first-order chi connectivity index (χ1) is 29.5. The molecule has 0 aliphatic rings. The van der Waals surface area contributed by atoms with Gasteiger partial charge in [-0.25, -0.2) is 0 Å². The molecule has 60 heavy (non-hydrogen) atoms. The van der Waals surface area contributed by atoms with Crippen molar-refractivity contribution in [3.8, 4) is 0 Å². The lowest BCUT2D eigenvalue weighted by Crippen LogP contribution is -2.30. The van der Waals surface area contributed by atoms with Crippen LogP contribution in [-0.4, -0.2) is 37.2 Å². The third-order valence-electron chi connectivity index (χ3n) is 10.5. The Bertz CT molecular complexity index is 1140. The van der Waals surface area contributed by atoms with Crippen LogP contribution in [0.3, 0.4) is 0 Å². The summed E-state index contributed by atoms with van der Waals surface area (Å²) in [4.78, 5) is 37.9. The molecule has 6 nitrogen and oxygen atoms in total. The van der Waals surface area contributed by atoms with Crippen molar-refractivity contribution in [1.29, 1.82) is 0 Å². The Morgan fingerprint density at radius 1 is 0.350 bits per heavy atom. The molecule has 0 radical (unpaired) electrons. The molecule has 0 rings (SSSR count). The zero-order valence-electron chi connectivity index (χ0n) is 39.2. The Labute approximate surface area is 370 Å². The van der Waals surface area contributed by atoms with Gasteiger partial charge in [0.2, 0.25) is 0 Å². The maximum atomic E-state index is 12.7. The molecule has 0 aromatic heterocycles. The SMILES string of the molecule is CC\C=C/C=C\C=C/C=C\CCCCCC(=O)OC(COC(=O)CCCCC/C=C\CCCCCCCC)COC(=O)CCCCCCC/C=C\CCCCCCCCC. The predicted molar refractivity (Wildman–Crippen MR) is 256 cm³/mol. The number of esters is 3. The highest BCUT2D eigenvalue weighted by molar-refractivity contribution is 5.71. The minimum Gasteiger partial charge on any atom is -0.462 e. The second kappa shape index (κ2) is 48.5. The van der Waals surface area contributed by atoms with Crippen LogP contribution >= 0.6 is 0 Å². The quantitative estimate of drug-likeness (QED) is 0.0200. The first kappa shape index (κ1) is 56.9. The number of allylic oxidation sites excluding steroid dienone is 12. The maximum Gasteiger partial charge on any atom is 0.306 e. The number of rotatable bonds is 44. The molecule has 0 aliphatic heterocycles. The van der Waals surface area contributed by atoms with Crippen molar-refractivity contribution < 1.29 is 28.6 Å². The lowest BCUT2D eigenvalue weighted by molar-refractivity contribution is -0.167. The summed E-state index contributed by atoms with van der Waals surface area (Å²) in [6, 6.07) is 0. The Balaban J connectivity index is 4.46. The van der Waals surface area contributed by atoms with E-state index in [0.717, 1.165) is 83.5 Å². The second-order valence-electron chi connectivity index (χ2n) is 16.4. The highest BCUT2D eigenvalue weighted by Gasteiger charge is 2.19. The molecular formula is C54H92O6. The molecule has 344 valence electrons. The minimum absolute atomic E-state index is 0.101. The van der Waals surface area contributed by atoms with Crippen LogP contribution in [0.4, 0.5) is 0 Å². The molecule has 0 saturated carbocycles. The Kier molecular flexibility index (Phi) is 46.0. The molecule has 0 heterocycles. The van der Waals surface area contributed by atoms with Crippen LogP contribution in [0.15, 0.2) is 72.9 Å². The molecule has 0 N–H and O–H groups in total. The number of carbonyl (C=O) groups excluding carboxylic acids is 3. The number of unbranched alkanes of at least 4 members (excludes halogenated alkanes) is 24. The van der Waals surface area contributed by atoms with Crippen LogP contribution in [0.5, 0.6) is 0 Å². The molecule has 1 unspecified atom stereocenters. The van der Waals surface area contributed by atoms with Crippen molar-refractivity contribution in [3.63, 3.8) is 0 Å². The molecule has 0 fully saturated rings. The van der Waals surface area contributed by atoms with E-state index in [1.54, 1.807) is 0 Å². The van der Waals surface area contributed by atoms with E-state index >= 15 is 0 Å². The van der Waals surface area contributed by atoms with Crippen LogP contribution in [-0.2, 0) is 28.6 Å². The highest BCUT2D eigenvalue weighted by Crippen LogP contribution is 2.13. The topological polar surface area (TPSA) is 78.9 Å². The van der Waals surface area contributed by atoms with Crippen molar-refractivity contribution in [3.05, 3.63) is 72.9 Å². The van der Waals surface area contributed by atoms with Gasteiger partial charge in [0, 0.05) is 19.3 Å².